The lowest BCUT2D eigenvalue weighted by Crippen LogP contribution is -2.52. The van der Waals surface area contributed by atoms with Crippen LogP contribution >= 0.6 is 11.6 Å². The van der Waals surface area contributed by atoms with Crippen molar-refractivity contribution in [1.82, 2.24) is 15.1 Å². The average molecular weight is 272 g/mol. The highest BCUT2D eigenvalue weighted by atomic mass is 35.5. The quantitative estimate of drug-likeness (QED) is 0.840. The van der Waals surface area contributed by atoms with Crippen LogP contribution in [0, 0.1) is 0 Å². The normalized spacial score (nSPS) is 24.1. The summed E-state index contributed by atoms with van der Waals surface area (Å²) in [5.74, 6) is -0.228. The highest BCUT2D eigenvalue weighted by molar-refractivity contribution is 6.29. The van der Waals surface area contributed by atoms with Crippen molar-refractivity contribution < 1.29 is 14.6 Å². The van der Waals surface area contributed by atoms with E-state index in [0.717, 1.165) is 0 Å². The lowest BCUT2D eigenvalue weighted by atomic mass is 10.2. The van der Waals surface area contributed by atoms with Gasteiger partial charge in [-0.1, -0.05) is 11.6 Å². The Morgan fingerprint density at radius 2 is 2.39 bits per heavy atom. The van der Waals surface area contributed by atoms with Crippen LogP contribution in [0.4, 0.5) is 0 Å². The summed E-state index contributed by atoms with van der Waals surface area (Å²) < 4.78 is 5.37. The van der Waals surface area contributed by atoms with E-state index in [-0.39, 0.29) is 35.5 Å². The Labute approximate surface area is 110 Å². The first-order valence-corrected chi connectivity index (χ1v) is 6.02. The number of ether oxygens (including phenoxy) is 1. The zero-order chi connectivity index (χ0) is 13.1. The molecular formula is C11H14ClN3O3. The maximum atomic E-state index is 12.2. The van der Waals surface area contributed by atoms with E-state index in [1.165, 1.54) is 12.1 Å². The van der Waals surface area contributed by atoms with E-state index in [9.17, 15) is 4.79 Å². The number of rotatable bonds is 2. The molecule has 1 aliphatic rings. The molecule has 1 aromatic rings. The maximum absolute atomic E-state index is 12.2. The number of aromatic nitrogens is 2. The van der Waals surface area contributed by atoms with E-state index in [4.69, 9.17) is 21.4 Å². The van der Waals surface area contributed by atoms with Crippen molar-refractivity contribution in [3.63, 3.8) is 0 Å². The number of carbonyl (C=O) groups excluding carboxylic acids is 1. The van der Waals surface area contributed by atoms with Gasteiger partial charge in [0, 0.05) is 6.54 Å². The fourth-order valence-electron chi connectivity index (χ4n) is 1.79. The molecule has 2 heterocycles. The van der Waals surface area contributed by atoms with Gasteiger partial charge in [-0.05, 0) is 19.1 Å². The minimum absolute atomic E-state index is 0.0576. The van der Waals surface area contributed by atoms with E-state index in [2.05, 4.69) is 10.2 Å². The lowest BCUT2D eigenvalue weighted by Gasteiger charge is -2.37. The van der Waals surface area contributed by atoms with Gasteiger partial charge < -0.3 is 14.7 Å². The number of aliphatic hydroxyl groups excluding tert-OH is 1. The number of carbonyl (C=O) groups is 1. The fraction of sp³-hybridized carbons (Fsp3) is 0.545. The molecule has 0 spiro atoms. The lowest BCUT2D eigenvalue weighted by molar-refractivity contribution is -0.0669. The highest BCUT2D eigenvalue weighted by Gasteiger charge is 2.30. The summed E-state index contributed by atoms with van der Waals surface area (Å²) in [6, 6.07) is 3.00. The van der Waals surface area contributed by atoms with Crippen molar-refractivity contribution in [2.24, 2.45) is 0 Å². The SMILES string of the molecule is CC1COC(CO)CN1C(=O)c1ccc(Cl)nn1. The molecule has 1 fully saturated rings. The van der Waals surface area contributed by atoms with Gasteiger partial charge in [-0.3, -0.25) is 4.79 Å². The van der Waals surface area contributed by atoms with E-state index in [1.54, 1.807) is 4.90 Å². The maximum Gasteiger partial charge on any atom is 0.274 e. The molecule has 1 N–H and O–H groups in total. The number of hydrogen-bond donors (Lipinski definition) is 1. The average Bonchev–Trinajstić information content (AvgIpc) is 2.39. The molecule has 2 unspecified atom stereocenters. The smallest absolute Gasteiger partial charge is 0.274 e. The molecule has 1 amide bonds. The number of hydrogen-bond acceptors (Lipinski definition) is 5. The van der Waals surface area contributed by atoms with Crippen LogP contribution in [0.25, 0.3) is 0 Å². The zero-order valence-corrected chi connectivity index (χ0v) is 10.7. The van der Waals surface area contributed by atoms with Crippen LogP contribution in [0.1, 0.15) is 17.4 Å². The minimum atomic E-state index is -0.342. The summed E-state index contributed by atoms with van der Waals surface area (Å²) >= 11 is 5.62. The van der Waals surface area contributed by atoms with Crippen LogP contribution in [-0.4, -0.2) is 58.0 Å². The third-order valence-electron chi connectivity index (χ3n) is 2.82. The Balaban J connectivity index is 2.13. The van der Waals surface area contributed by atoms with Crippen molar-refractivity contribution in [3.05, 3.63) is 23.0 Å². The van der Waals surface area contributed by atoms with Gasteiger partial charge in [-0.15, -0.1) is 10.2 Å². The van der Waals surface area contributed by atoms with Crippen molar-refractivity contribution in [3.8, 4) is 0 Å². The van der Waals surface area contributed by atoms with Crippen molar-refractivity contribution in [1.29, 1.82) is 0 Å². The predicted octanol–water partition coefficient (Wildman–Crippen LogP) is 0.352. The molecule has 18 heavy (non-hydrogen) atoms. The van der Waals surface area contributed by atoms with Gasteiger partial charge in [0.2, 0.25) is 0 Å². The van der Waals surface area contributed by atoms with Gasteiger partial charge >= 0.3 is 0 Å². The predicted molar refractivity (Wildman–Crippen MR) is 64.4 cm³/mol. The Bertz CT molecular complexity index is 426. The molecule has 7 heteroatoms. The second-order valence-electron chi connectivity index (χ2n) is 4.19. The third kappa shape index (κ3) is 2.77. The van der Waals surface area contributed by atoms with E-state index in [0.29, 0.717) is 13.2 Å². The van der Waals surface area contributed by atoms with Crippen molar-refractivity contribution in [2.75, 3.05) is 19.8 Å². The monoisotopic (exact) mass is 271 g/mol. The third-order valence-corrected chi connectivity index (χ3v) is 3.02. The van der Waals surface area contributed by atoms with Crippen LogP contribution in [0.15, 0.2) is 12.1 Å². The summed E-state index contributed by atoms with van der Waals surface area (Å²) in [7, 11) is 0. The summed E-state index contributed by atoms with van der Waals surface area (Å²) in [6.45, 7) is 2.52. The van der Waals surface area contributed by atoms with Gasteiger partial charge in [-0.2, -0.15) is 0 Å². The number of aliphatic hydroxyl groups is 1. The molecule has 6 nitrogen and oxygen atoms in total. The number of halogens is 1. The van der Waals surface area contributed by atoms with Crippen LogP contribution < -0.4 is 0 Å². The molecule has 0 bridgehead atoms. The summed E-state index contributed by atoms with van der Waals surface area (Å²) in [5, 5.41) is 16.7. The standard InChI is InChI=1S/C11H14ClN3O3/c1-7-6-18-8(5-16)4-15(7)11(17)9-2-3-10(12)14-13-9/h2-3,7-8,16H,4-6H2,1H3. The summed E-state index contributed by atoms with van der Waals surface area (Å²) in [5.41, 5.74) is 0.241. The molecule has 2 atom stereocenters. The molecule has 1 aromatic heterocycles. The van der Waals surface area contributed by atoms with Gasteiger partial charge in [0.25, 0.3) is 5.91 Å². The van der Waals surface area contributed by atoms with Crippen LogP contribution in [0.3, 0.4) is 0 Å². The largest absolute Gasteiger partial charge is 0.394 e. The van der Waals surface area contributed by atoms with E-state index < -0.39 is 0 Å². The van der Waals surface area contributed by atoms with Crippen LogP contribution in [0.2, 0.25) is 5.15 Å². The minimum Gasteiger partial charge on any atom is -0.394 e. The Hall–Kier alpha value is -1.24. The Morgan fingerprint density at radius 1 is 1.61 bits per heavy atom. The fourth-order valence-corrected chi connectivity index (χ4v) is 1.89. The first-order valence-electron chi connectivity index (χ1n) is 5.64. The molecule has 1 aliphatic heterocycles. The number of amides is 1. The van der Waals surface area contributed by atoms with Gasteiger partial charge in [0.1, 0.15) is 0 Å². The van der Waals surface area contributed by atoms with Crippen LogP contribution in [0.5, 0.6) is 0 Å². The first kappa shape index (κ1) is 13.2. The molecule has 0 radical (unpaired) electrons. The molecule has 0 saturated carbocycles. The van der Waals surface area contributed by atoms with Gasteiger partial charge in [-0.25, -0.2) is 0 Å². The first-order chi connectivity index (χ1) is 8.61. The zero-order valence-electron chi connectivity index (χ0n) is 9.91. The van der Waals surface area contributed by atoms with E-state index >= 15 is 0 Å². The molecule has 2 rings (SSSR count). The molecule has 0 aliphatic carbocycles. The molecule has 1 saturated heterocycles. The van der Waals surface area contributed by atoms with Crippen LogP contribution in [-0.2, 0) is 4.74 Å². The molecular weight excluding hydrogens is 258 g/mol. The van der Waals surface area contributed by atoms with Gasteiger partial charge in [0.05, 0.1) is 25.4 Å². The number of nitrogens with zero attached hydrogens (tertiary/aromatic N) is 3. The Kier molecular flexibility index (Phi) is 4.11. The van der Waals surface area contributed by atoms with Crippen molar-refractivity contribution in [2.45, 2.75) is 19.1 Å². The topological polar surface area (TPSA) is 75.6 Å². The Morgan fingerprint density at radius 3 is 3.00 bits per heavy atom. The second-order valence-corrected chi connectivity index (χ2v) is 4.57. The molecule has 98 valence electrons. The molecule has 0 aromatic carbocycles. The highest BCUT2D eigenvalue weighted by Crippen LogP contribution is 2.15. The summed E-state index contributed by atoms with van der Waals surface area (Å²) in [4.78, 5) is 13.9. The summed E-state index contributed by atoms with van der Waals surface area (Å²) in [6.07, 6.45) is -0.342. The van der Waals surface area contributed by atoms with Gasteiger partial charge in [0.15, 0.2) is 10.8 Å². The second kappa shape index (κ2) is 5.60. The number of morpholine rings is 1. The van der Waals surface area contributed by atoms with Crippen molar-refractivity contribution >= 4 is 17.5 Å². The van der Waals surface area contributed by atoms with E-state index in [1.807, 2.05) is 6.92 Å².